The van der Waals surface area contributed by atoms with Crippen LogP contribution < -0.4 is 0 Å². The third-order valence-corrected chi connectivity index (χ3v) is 15.3. The van der Waals surface area contributed by atoms with E-state index in [2.05, 4.69) is 187 Å². The average Bonchev–Trinajstić information content (AvgIpc) is 3.90. The van der Waals surface area contributed by atoms with E-state index in [1.807, 2.05) is 28.7 Å². The zero-order valence-electron chi connectivity index (χ0n) is 32.6. The zero-order valence-corrected chi connectivity index (χ0v) is 34.2. The first-order valence-corrected chi connectivity index (χ1v) is 22.4. The molecule has 0 saturated carbocycles. The molecular weight excluding hydrogens is 761 g/mol. The van der Waals surface area contributed by atoms with Crippen molar-refractivity contribution in [1.82, 2.24) is 0 Å². The highest BCUT2D eigenvalue weighted by molar-refractivity contribution is 7.26. The fourth-order valence-electron chi connectivity index (χ4n) is 10.3. The Hall–Kier alpha value is -7.02. The fraction of sp³-hybridized carbons (Fsp3) is 0.0345. The number of allylic oxidation sites excluding steroid dienone is 5. The van der Waals surface area contributed by atoms with Gasteiger partial charge in [0.05, 0.1) is 0 Å². The second kappa shape index (κ2) is 13.2. The number of aryl methyl sites for hydroxylation is 1. The monoisotopic (exact) mass is 794 g/mol. The summed E-state index contributed by atoms with van der Waals surface area (Å²) in [5, 5.41) is 14.1. The van der Waals surface area contributed by atoms with Gasteiger partial charge in [-0.1, -0.05) is 175 Å². The van der Waals surface area contributed by atoms with E-state index in [9.17, 15) is 0 Å². The Balaban J connectivity index is 1.10. The van der Waals surface area contributed by atoms with E-state index >= 15 is 0 Å². The molecule has 2 aliphatic carbocycles. The molecule has 11 aromatic rings. The molecule has 0 nitrogen and oxygen atoms in total. The quantitative estimate of drug-likeness (QED) is 0.123. The summed E-state index contributed by atoms with van der Waals surface area (Å²) in [4.78, 5) is 1.51. The molecular formula is C58H34S2. The molecule has 0 amide bonds. The third-order valence-electron chi connectivity index (χ3n) is 12.8. The minimum absolute atomic E-state index is 1.06. The van der Waals surface area contributed by atoms with Gasteiger partial charge < -0.3 is 0 Å². The normalized spacial score (nSPS) is 13.5. The molecule has 0 fully saturated rings. The summed E-state index contributed by atoms with van der Waals surface area (Å²) >= 11 is 3.91. The number of thiophene rings is 2. The lowest BCUT2D eigenvalue weighted by atomic mass is 9.84. The molecule has 2 heterocycles. The van der Waals surface area contributed by atoms with E-state index < -0.39 is 0 Å². The lowest BCUT2D eigenvalue weighted by molar-refractivity contribution is 1.02. The van der Waals surface area contributed by atoms with Gasteiger partial charge in [0.1, 0.15) is 0 Å². The molecule has 0 N–H and O–H groups in total. The Morgan fingerprint density at radius 1 is 0.417 bits per heavy atom. The molecule has 9 aromatic carbocycles. The highest BCUT2D eigenvalue weighted by Crippen LogP contribution is 2.52. The first kappa shape index (κ1) is 33.9. The molecule has 2 heteroatoms. The number of hydrogen-bond acceptors (Lipinski definition) is 2. The Bertz CT molecular complexity index is 3730. The predicted molar refractivity (Wildman–Crippen MR) is 263 cm³/mol. The molecule has 13 rings (SSSR count). The topological polar surface area (TPSA) is 0 Å². The summed E-state index contributed by atoms with van der Waals surface area (Å²) in [6, 6.07) is 56.9. The van der Waals surface area contributed by atoms with E-state index in [0.717, 1.165) is 18.4 Å². The smallest absolute Gasteiger partial charge is 0.0434 e. The van der Waals surface area contributed by atoms with Crippen molar-refractivity contribution in [3.05, 3.63) is 203 Å². The van der Waals surface area contributed by atoms with Crippen LogP contribution in [0, 0.1) is 0 Å². The van der Waals surface area contributed by atoms with Crippen LogP contribution in [0.25, 0.3) is 118 Å². The first-order valence-electron chi connectivity index (χ1n) is 20.7. The second-order valence-electron chi connectivity index (χ2n) is 15.9. The summed E-state index contributed by atoms with van der Waals surface area (Å²) in [6.45, 7) is 0. The van der Waals surface area contributed by atoms with Gasteiger partial charge >= 0.3 is 0 Å². The van der Waals surface area contributed by atoms with E-state index in [4.69, 9.17) is 0 Å². The summed E-state index contributed by atoms with van der Waals surface area (Å²) < 4.78 is 4.01. The highest BCUT2D eigenvalue weighted by Gasteiger charge is 2.24. The van der Waals surface area contributed by atoms with Crippen LogP contribution >= 0.6 is 22.7 Å². The maximum Gasteiger partial charge on any atom is 0.0434 e. The highest BCUT2D eigenvalue weighted by atomic mass is 32.1. The number of benzene rings is 9. The van der Waals surface area contributed by atoms with Crippen LogP contribution in [0.15, 0.2) is 187 Å². The largest absolute Gasteiger partial charge is 0.139 e. The van der Waals surface area contributed by atoms with Gasteiger partial charge in [-0.3, -0.25) is 0 Å². The molecule has 2 aromatic heterocycles. The van der Waals surface area contributed by atoms with E-state index in [-0.39, 0.29) is 0 Å². The van der Waals surface area contributed by atoms with Crippen LogP contribution in [0.4, 0.5) is 0 Å². The van der Waals surface area contributed by atoms with Crippen LogP contribution in [0.1, 0.15) is 22.4 Å². The molecule has 60 heavy (non-hydrogen) atoms. The van der Waals surface area contributed by atoms with Gasteiger partial charge in [-0.2, -0.15) is 0 Å². The third kappa shape index (κ3) is 4.85. The predicted octanol–water partition coefficient (Wildman–Crippen LogP) is 17.1. The molecule has 0 radical (unpaired) electrons. The van der Waals surface area contributed by atoms with Gasteiger partial charge in [0.15, 0.2) is 0 Å². The van der Waals surface area contributed by atoms with Crippen LogP contribution in [-0.4, -0.2) is 0 Å². The number of hydrogen-bond donors (Lipinski definition) is 0. The van der Waals surface area contributed by atoms with Gasteiger partial charge in [0, 0.05) is 57.4 Å². The summed E-state index contributed by atoms with van der Waals surface area (Å²) in [7, 11) is 0. The molecule has 278 valence electrons. The van der Waals surface area contributed by atoms with Gasteiger partial charge in [0.25, 0.3) is 0 Å². The Labute approximate surface area is 355 Å². The SMILES string of the molecule is C1=C=C(c2c3ccccc3c(-c3cccc4c3sc3cccc(-c5c6ccccc6c(-c6cccc7c8c(sc67)CCC=C8)c6ccccc56)c34)c3ccccc23)C=CC=1. The standard InChI is InChI=1S/C58H34S2/c1-2-17-35(18-3-1)52-37-20-4-6-22-39(37)54(40-23-7-5-21-38(40)52)48-31-15-32-49-56-46(29-16-34-51(56)60-58(48)49)53-41-24-8-10-26-43(41)55(44-27-11-9-25-42(44)53)47-30-14-28-45-36-19-12-13-33-50(36)59-57(45)47/h1-2,4-12,14-17,19-32,34H,13,33H2. The van der Waals surface area contributed by atoms with Crippen molar-refractivity contribution >= 4 is 108 Å². The Morgan fingerprint density at radius 2 is 0.900 bits per heavy atom. The van der Waals surface area contributed by atoms with Crippen molar-refractivity contribution in [2.45, 2.75) is 12.8 Å². The van der Waals surface area contributed by atoms with E-state index in [1.165, 1.54) is 123 Å². The van der Waals surface area contributed by atoms with Crippen molar-refractivity contribution in [3.63, 3.8) is 0 Å². The number of fused-ring (bicyclic) bond motifs is 10. The molecule has 2 aliphatic rings. The summed E-state index contributed by atoms with van der Waals surface area (Å²) in [5.41, 5.74) is 18.1. The van der Waals surface area contributed by atoms with Crippen LogP contribution in [0.3, 0.4) is 0 Å². The average molecular weight is 795 g/mol. The maximum atomic E-state index is 3.43. The second-order valence-corrected chi connectivity index (χ2v) is 18.1. The lowest BCUT2D eigenvalue weighted by Gasteiger charge is -2.19. The van der Waals surface area contributed by atoms with Gasteiger partial charge in [-0.15, -0.1) is 22.7 Å². The van der Waals surface area contributed by atoms with E-state index in [1.54, 1.807) is 0 Å². The summed E-state index contributed by atoms with van der Waals surface area (Å²) in [5.74, 6) is 0. The Morgan fingerprint density at radius 3 is 1.47 bits per heavy atom. The minimum Gasteiger partial charge on any atom is -0.139 e. The van der Waals surface area contributed by atoms with Gasteiger partial charge in [-0.05, 0) is 102 Å². The van der Waals surface area contributed by atoms with Crippen molar-refractivity contribution in [3.8, 4) is 33.4 Å². The zero-order chi connectivity index (χ0) is 39.3. The first-order chi connectivity index (χ1) is 29.8. The van der Waals surface area contributed by atoms with Crippen LogP contribution in [0.5, 0.6) is 0 Å². The summed E-state index contributed by atoms with van der Waals surface area (Å²) in [6.07, 6.45) is 13.1. The molecule has 0 saturated heterocycles. The van der Waals surface area contributed by atoms with E-state index in [0.29, 0.717) is 0 Å². The van der Waals surface area contributed by atoms with Crippen molar-refractivity contribution in [1.29, 1.82) is 0 Å². The molecule has 0 aliphatic heterocycles. The van der Waals surface area contributed by atoms with Gasteiger partial charge in [-0.25, -0.2) is 0 Å². The van der Waals surface area contributed by atoms with Crippen molar-refractivity contribution < 1.29 is 0 Å². The molecule has 0 bridgehead atoms. The number of rotatable bonds is 4. The van der Waals surface area contributed by atoms with Crippen LogP contribution in [-0.2, 0) is 6.42 Å². The van der Waals surface area contributed by atoms with Gasteiger partial charge in [0.2, 0.25) is 0 Å². The maximum absolute atomic E-state index is 3.43. The Kier molecular flexibility index (Phi) is 7.49. The van der Waals surface area contributed by atoms with Crippen LogP contribution in [0.2, 0.25) is 0 Å². The molecule has 0 spiro atoms. The fourth-order valence-corrected chi connectivity index (χ4v) is 12.9. The molecule has 0 atom stereocenters. The van der Waals surface area contributed by atoms with Crippen molar-refractivity contribution in [2.75, 3.05) is 0 Å². The molecule has 0 unspecified atom stereocenters. The lowest BCUT2D eigenvalue weighted by Crippen LogP contribution is -1.93. The minimum atomic E-state index is 1.06. The van der Waals surface area contributed by atoms with Crippen molar-refractivity contribution in [2.24, 2.45) is 0 Å².